The number of anilines is 1. The maximum Gasteiger partial charge on any atom is 0.279 e. The molecule has 7 heteroatoms. The molecule has 0 saturated carbocycles. The number of carbonyl (C=O) groups excluding carboxylic acids is 3. The zero-order valence-corrected chi connectivity index (χ0v) is 19.4. The first kappa shape index (κ1) is 24.9. The van der Waals surface area contributed by atoms with Crippen molar-refractivity contribution in [1.29, 1.82) is 0 Å². The molecule has 0 aromatic heterocycles. The van der Waals surface area contributed by atoms with E-state index in [1.807, 2.05) is 38.1 Å². The Morgan fingerprint density at radius 2 is 1.56 bits per heavy atom. The normalized spacial score (nSPS) is 12.6. The number of para-hydroxylation sites is 1. The molecule has 0 aliphatic carbocycles. The molecule has 3 N–H and O–H groups in total. The average molecular weight is 440 g/mol. The molecule has 3 amide bonds. The molecule has 7 nitrogen and oxygen atoms in total. The largest absolute Gasteiger partial charge is 0.481 e. The quantitative estimate of drug-likeness (QED) is 0.504. The zero-order chi connectivity index (χ0) is 23.7. The first-order valence-corrected chi connectivity index (χ1v) is 11.0. The lowest BCUT2D eigenvalue weighted by molar-refractivity contribution is -0.128. The van der Waals surface area contributed by atoms with Crippen molar-refractivity contribution in [2.75, 3.05) is 5.32 Å². The minimum Gasteiger partial charge on any atom is -0.481 e. The summed E-state index contributed by atoms with van der Waals surface area (Å²) in [6.07, 6.45) is 0.590. The SMILES string of the molecule is CCC(C)c1ccccc1OC(C)C(=O)NNC(=O)c1ccc(NC(=O)CC(C)C)cc1. The lowest BCUT2D eigenvalue weighted by Gasteiger charge is -2.19. The number of hydrogen-bond donors (Lipinski definition) is 3. The van der Waals surface area contributed by atoms with Gasteiger partial charge in [-0.05, 0) is 61.1 Å². The van der Waals surface area contributed by atoms with E-state index in [9.17, 15) is 14.4 Å². The number of benzene rings is 2. The molecule has 2 aromatic carbocycles. The van der Waals surface area contributed by atoms with Gasteiger partial charge in [-0.2, -0.15) is 0 Å². The Morgan fingerprint density at radius 3 is 2.19 bits per heavy atom. The van der Waals surface area contributed by atoms with Gasteiger partial charge in [-0.1, -0.05) is 45.9 Å². The van der Waals surface area contributed by atoms with Crippen molar-refractivity contribution < 1.29 is 19.1 Å². The highest BCUT2D eigenvalue weighted by atomic mass is 16.5. The summed E-state index contributed by atoms with van der Waals surface area (Å²) >= 11 is 0. The number of carbonyl (C=O) groups is 3. The van der Waals surface area contributed by atoms with Gasteiger partial charge in [0, 0.05) is 17.7 Å². The molecular formula is C25H33N3O4. The molecule has 0 saturated heterocycles. The molecule has 0 radical (unpaired) electrons. The summed E-state index contributed by atoms with van der Waals surface area (Å²) in [6, 6.07) is 14.1. The number of hydrazine groups is 1. The van der Waals surface area contributed by atoms with Gasteiger partial charge < -0.3 is 10.1 Å². The van der Waals surface area contributed by atoms with Crippen LogP contribution in [0.15, 0.2) is 48.5 Å². The van der Waals surface area contributed by atoms with E-state index in [-0.39, 0.29) is 11.8 Å². The Labute approximate surface area is 189 Å². The van der Waals surface area contributed by atoms with E-state index < -0.39 is 17.9 Å². The summed E-state index contributed by atoms with van der Waals surface area (Å²) in [6.45, 7) is 9.77. The van der Waals surface area contributed by atoms with E-state index in [1.54, 1.807) is 31.2 Å². The van der Waals surface area contributed by atoms with Gasteiger partial charge in [-0.3, -0.25) is 25.2 Å². The van der Waals surface area contributed by atoms with Crippen molar-refractivity contribution in [3.8, 4) is 5.75 Å². The molecule has 2 rings (SSSR count). The second kappa shape index (κ2) is 11.9. The van der Waals surface area contributed by atoms with Gasteiger partial charge in [-0.15, -0.1) is 0 Å². The number of ether oxygens (including phenoxy) is 1. The fourth-order valence-electron chi connectivity index (χ4n) is 3.04. The third-order valence-corrected chi connectivity index (χ3v) is 5.06. The molecule has 0 fully saturated rings. The van der Waals surface area contributed by atoms with Gasteiger partial charge in [0.2, 0.25) is 5.91 Å². The van der Waals surface area contributed by atoms with Crippen LogP contribution in [0.1, 0.15) is 69.3 Å². The van der Waals surface area contributed by atoms with Gasteiger partial charge in [0.25, 0.3) is 11.8 Å². The van der Waals surface area contributed by atoms with Crippen LogP contribution in [0.3, 0.4) is 0 Å². The first-order chi connectivity index (χ1) is 15.2. The highest BCUT2D eigenvalue weighted by molar-refractivity contribution is 5.97. The van der Waals surface area contributed by atoms with Crippen LogP contribution in [-0.4, -0.2) is 23.8 Å². The summed E-state index contributed by atoms with van der Waals surface area (Å²) in [4.78, 5) is 36.6. The van der Waals surface area contributed by atoms with E-state index in [4.69, 9.17) is 4.74 Å². The van der Waals surface area contributed by atoms with Crippen LogP contribution in [0.4, 0.5) is 5.69 Å². The van der Waals surface area contributed by atoms with Crippen molar-refractivity contribution >= 4 is 23.4 Å². The summed E-state index contributed by atoms with van der Waals surface area (Å²) in [7, 11) is 0. The predicted octanol–water partition coefficient (Wildman–Crippen LogP) is 4.41. The van der Waals surface area contributed by atoms with E-state index in [0.29, 0.717) is 29.3 Å². The Morgan fingerprint density at radius 1 is 0.906 bits per heavy atom. The van der Waals surface area contributed by atoms with Crippen molar-refractivity contribution in [3.05, 3.63) is 59.7 Å². The number of nitrogens with one attached hydrogen (secondary N) is 3. The van der Waals surface area contributed by atoms with Crippen molar-refractivity contribution in [2.24, 2.45) is 5.92 Å². The molecule has 2 atom stereocenters. The summed E-state index contributed by atoms with van der Waals surface area (Å²) in [5, 5.41) is 2.79. The second-order valence-corrected chi connectivity index (χ2v) is 8.27. The number of amides is 3. The van der Waals surface area contributed by atoms with Gasteiger partial charge in [0.1, 0.15) is 5.75 Å². The summed E-state index contributed by atoms with van der Waals surface area (Å²) < 4.78 is 5.84. The van der Waals surface area contributed by atoms with Crippen LogP contribution in [0, 0.1) is 5.92 Å². The second-order valence-electron chi connectivity index (χ2n) is 8.27. The zero-order valence-electron chi connectivity index (χ0n) is 19.4. The molecule has 2 aromatic rings. The molecule has 2 unspecified atom stereocenters. The van der Waals surface area contributed by atoms with Gasteiger partial charge in [0.15, 0.2) is 6.10 Å². The Hall–Kier alpha value is -3.35. The van der Waals surface area contributed by atoms with Crippen LogP contribution >= 0.6 is 0 Å². The molecular weight excluding hydrogens is 406 g/mol. The molecule has 0 heterocycles. The van der Waals surface area contributed by atoms with E-state index in [0.717, 1.165) is 12.0 Å². The van der Waals surface area contributed by atoms with Gasteiger partial charge in [0.05, 0.1) is 0 Å². The smallest absolute Gasteiger partial charge is 0.279 e. The predicted molar refractivity (Wildman–Crippen MR) is 125 cm³/mol. The maximum atomic E-state index is 12.4. The fraction of sp³-hybridized carbons (Fsp3) is 0.400. The van der Waals surface area contributed by atoms with Crippen LogP contribution < -0.4 is 20.9 Å². The topological polar surface area (TPSA) is 96.5 Å². The Balaban J connectivity index is 1.88. The lowest BCUT2D eigenvalue weighted by Crippen LogP contribution is -2.47. The van der Waals surface area contributed by atoms with E-state index in [1.165, 1.54) is 0 Å². The van der Waals surface area contributed by atoms with Crippen molar-refractivity contribution in [3.63, 3.8) is 0 Å². The summed E-state index contributed by atoms with van der Waals surface area (Å²) in [5.41, 5.74) is 6.79. The van der Waals surface area contributed by atoms with Crippen LogP contribution in [0.5, 0.6) is 5.75 Å². The first-order valence-electron chi connectivity index (χ1n) is 11.0. The lowest BCUT2D eigenvalue weighted by atomic mass is 9.98. The summed E-state index contributed by atoms with van der Waals surface area (Å²) in [5.74, 6) is 0.220. The highest BCUT2D eigenvalue weighted by Gasteiger charge is 2.18. The standard InChI is InChI=1S/C25H33N3O4/c1-6-17(4)21-9-7-8-10-22(21)32-18(5)24(30)27-28-25(31)19-11-13-20(14-12-19)26-23(29)15-16(2)3/h7-14,16-18H,6,15H2,1-5H3,(H,26,29)(H,27,30)(H,28,31). The number of rotatable bonds is 9. The third-order valence-electron chi connectivity index (χ3n) is 5.06. The van der Waals surface area contributed by atoms with Crippen LogP contribution in [0.2, 0.25) is 0 Å². The van der Waals surface area contributed by atoms with Crippen LogP contribution in [0.25, 0.3) is 0 Å². The molecule has 0 bridgehead atoms. The Kier molecular flexibility index (Phi) is 9.25. The van der Waals surface area contributed by atoms with Crippen molar-refractivity contribution in [1.82, 2.24) is 10.9 Å². The number of hydrogen-bond acceptors (Lipinski definition) is 4. The molecule has 0 spiro atoms. The van der Waals surface area contributed by atoms with Crippen LogP contribution in [-0.2, 0) is 9.59 Å². The average Bonchev–Trinajstić information content (AvgIpc) is 2.76. The van der Waals surface area contributed by atoms with Crippen molar-refractivity contribution in [2.45, 2.75) is 59.5 Å². The van der Waals surface area contributed by atoms with E-state index in [2.05, 4.69) is 30.0 Å². The third kappa shape index (κ3) is 7.41. The van der Waals surface area contributed by atoms with Gasteiger partial charge >= 0.3 is 0 Å². The fourth-order valence-corrected chi connectivity index (χ4v) is 3.04. The monoisotopic (exact) mass is 439 g/mol. The molecule has 32 heavy (non-hydrogen) atoms. The maximum absolute atomic E-state index is 12.4. The van der Waals surface area contributed by atoms with E-state index >= 15 is 0 Å². The molecule has 172 valence electrons. The minimum atomic E-state index is -0.793. The minimum absolute atomic E-state index is 0.0756. The Bertz CT molecular complexity index is 925. The molecule has 0 aliphatic rings. The van der Waals surface area contributed by atoms with Gasteiger partial charge in [-0.25, -0.2) is 0 Å². The molecule has 0 aliphatic heterocycles. The highest BCUT2D eigenvalue weighted by Crippen LogP contribution is 2.29.